The predicted octanol–water partition coefficient (Wildman–Crippen LogP) is 7.65. The van der Waals surface area contributed by atoms with Gasteiger partial charge in [0.1, 0.15) is 0 Å². The van der Waals surface area contributed by atoms with E-state index in [9.17, 15) is 0 Å². The second-order valence-corrected chi connectivity index (χ2v) is 20.4. The summed E-state index contributed by atoms with van der Waals surface area (Å²) in [5, 5.41) is 0. The van der Waals surface area contributed by atoms with Crippen LogP contribution in [0.1, 0.15) is 116 Å². The van der Waals surface area contributed by atoms with E-state index in [-0.39, 0.29) is 0 Å². The Morgan fingerprint density at radius 1 is 0.318 bits per heavy atom. The first-order chi connectivity index (χ1) is 10.9. The molecule has 0 bridgehead atoms. The molecule has 0 saturated heterocycles. The van der Waals surface area contributed by atoms with Gasteiger partial charge in [-0.05, 0) is 0 Å². The van der Waals surface area contributed by atoms with E-state index >= 15 is 0 Å². The Labute approximate surface area is 147 Å². The minimum atomic E-state index is -1.35. The zero-order valence-corrected chi connectivity index (χ0v) is 18.4. The first-order valence-electron chi connectivity index (χ1n) is 10.7. The van der Waals surface area contributed by atoms with Gasteiger partial charge in [-0.25, -0.2) is 0 Å². The number of hydrogen-bond donors (Lipinski definition) is 0. The van der Waals surface area contributed by atoms with Crippen molar-refractivity contribution in [3.05, 3.63) is 0 Å². The van der Waals surface area contributed by atoms with Crippen molar-refractivity contribution in [1.82, 2.24) is 0 Å². The van der Waals surface area contributed by atoms with E-state index in [1.807, 2.05) is 0 Å². The number of hydrogen-bond acceptors (Lipinski definition) is 0. The zero-order valence-electron chi connectivity index (χ0n) is 14.9. The molecule has 0 radical (unpaired) electrons. The van der Waals surface area contributed by atoms with Crippen LogP contribution in [-0.2, 0) is 0 Å². The van der Waals surface area contributed by atoms with Gasteiger partial charge < -0.3 is 0 Å². The fourth-order valence-corrected chi connectivity index (χ4v) is 23.7. The summed E-state index contributed by atoms with van der Waals surface area (Å²) in [6, 6.07) is 0. The molecule has 1 heteroatoms. The van der Waals surface area contributed by atoms with Crippen LogP contribution in [0, 0.1) is 0 Å². The van der Waals surface area contributed by atoms with Gasteiger partial charge in [0.15, 0.2) is 0 Å². The summed E-state index contributed by atoms with van der Waals surface area (Å²) in [4.78, 5) is 0. The molecule has 0 aromatic rings. The Morgan fingerprint density at radius 2 is 0.545 bits per heavy atom. The maximum atomic E-state index is 1.67. The Morgan fingerprint density at radius 3 is 0.773 bits per heavy atom. The molecule has 0 nitrogen and oxygen atoms in total. The van der Waals surface area contributed by atoms with Gasteiger partial charge in [0.05, 0.1) is 0 Å². The second-order valence-electron chi connectivity index (χ2n) is 8.38. The van der Waals surface area contributed by atoms with Gasteiger partial charge >= 0.3 is 148 Å². The molecular formula is C21H39Bi. The molecular weight excluding hydrogens is 461 g/mol. The second kappa shape index (κ2) is 10.0. The van der Waals surface area contributed by atoms with Crippen molar-refractivity contribution < 1.29 is 0 Å². The first-order valence-corrected chi connectivity index (χ1v) is 16.7. The standard InChI is InChI=1S/3C7H13.Bi/c3*1-2-4-6-7-5-3-1;/h3*1H,2-7H2;. The zero-order chi connectivity index (χ0) is 15.0. The van der Waals surface area contributed by atoms with E-state index in [1.165, 1.54) is 10.9 Å². The molecule has 0 aromatic carbocycles. The maximum absolute atomic E-state index is 1.67. The third kappa shape index (κ3) is 5.19. The summed E-state index contributed by atoms with van der Waals surface area (Å²) in [6.45, 7) is 0. The summed E-state index contributed by atoms with van der Waals surface area (Å²) in [6.07, 6.45) is 28.9. The summed E-state index contributed by atoms with van der Waals surface area (Å²) in [5.41, 5.74) is 0. The van der Waals surface area contributed by atoms with Crippen LogP contribution in [-0.4, -0.2) is 21.8 Å². The molecule has 3 aliphatic rings. The van der Waals surface area contributed by atoms with E-state index in [0.717, 1.165) is 0 Å². The minimum absolute atomic E-state index is 1.31. The van der Waals surface area contributed by atoms with Gasteiger partial charge in [0, 0.05) is 0 Å². The van der Waals surface area contributed by atoms with Gasteiger partial charge in [0.25, 0.3) is 0 Å². The van der Waals surface area contributed by atoms with Crippen LogP contribution in [0.3, 0.4) is 0 Å². The van der Waals surface area contributed by atoms with Crippen LogP contribution in [0.2, 0.25) is 10.9 Å². The van der Waals surface area contributed by atoms with Gasteiger partial charge in [-0.2, -0.15) is 0 Å². The Bertz CT molecular complexity index is 229. The van der Waals surface area contributed by atoms with Crippen molar-refractivity contribution in [1.29, 1.82) is 0 Å². The van der Waals surface area contributed by atoms with Crippen molar-refractivity contribution in [2.45, 2.75) is 126 Å². The van der Waals surface area contributed by atoms with Crippen LogP contribution in [0.4, 0.5) is 0 Å². The van der Waals surface area contributed by atoms with Crippen molar-refractivity contribution in [2.24, 2.45) is 0 Å². The third-order valence-corrected chi connectivity index (χ3v) is 22.6. The van der Waals surface area contributed by atoms with E-state index in [1.54, 1.807) is 116 Å². The molecule has 0 atom stereocenters. The van der Waals surface area contributed by atoms with Crippen molar-refractivity contribution in [2.75, 3.05) is 0 Å². The molecule has 3 aliphatic carbocycles. The van der Waals surface area contributed by atoms with Gasteiger partial charge in [-0.15, -0.1) is 0 Å². The van der Waals surface area contributed by atoms with Crippen molar-refractivity contribution >= 4 is 21.8 Å². The Kier molecular flexibility index (Phi) is 8.05. The normalized spacial score (nSPS) is 28.2. The molecule has 128 valence electrons. The molecule has 0 aliphatic heterocycles. The average molecular weight is 501 g/mol. The van der Waals surface area contributed by atoms with E-state index in [2.05, 4.69) is 0 Å². The number of rotatable bonds is 3. The molecule has 0 unspecified atom stereocenters. The molecule has 0 N–H and O–H groups in total. The molecule has 0 amide bonds. The fraction of sp³-hybridized carbons (Fsp3) is 1.00. The first kappa shape index (κ1) is 17.7. The van der Waals surface area contributed by atoms with E-state index in [0.29, 0.717) is 0 Å². The predicted molar refractivity (Wildman–Crippen MR) is 100 cm³/mol. The molecule has 0 spiro atoms. The summed E-state index contributed by atoms with van der Waals surface area (Å²) in [7, 11) is 0. The van der Waals surface area contributed by atoms with Crippen molar-refractivity contribution in [3.63, 3.8) is 0 Å². The van der Waals surface area contributed by atoms with Crippen LogP contribution in [0.5, 0.6) is 0 Å². The quantitative estimate of drug-likeness (QED) is 0.276. The SMILES string of the molecule is C1CCC[CH]([Bi]([CH]2CCCCCC2)[CH]2CCCCCC2)CC1. The van der Waals surface area contributed by atoms with Crippen molar-refractivity contribution in [3.8, 4) is 0 Å². The topological polar surface area (TPSA) is 0 Å². The van der Waals surface area contributed by atoms with Crippen LogP contribution < -0.4 is 0 Å². The van der Waals surface area contributed by atoms with Crippen LogP contribution >= 0.6 is 0 Å². The molecule has 0 aromatic heterocycles. The van der Waals surface area contributed by atoms with Crippen LogP contribution in [0.15, 0.2) is 0 Å². The Hall–Kier alpha value is 0.883. The fourth-order valence-electron chi connectivity index (χ4n) is 5.56. The monoisotopic (exact) mass is 500 g/mol. The summed E-state index contributed by atoms with van der Waals surface area (Å²) in [5.74, 6) is 0. The van der Waals surface area contributed by atoms with Gasteiger partial charge in [-0.3, -0.25) is 0 Å². The summed E-state index contributed by atoms with van der Waals surface area (Å²) >= 11 is -1.35. The van der Waals surface area contributed by atoms with Gasteiger partial charge in [-0.1, -0.05) is 0 Å². The van der Waals surface area contributed by atoms with E-state index < -0.39 is 21.8 Å². The molecule has 0 heterocycles. The average Bonchev–Trinajstić information content (AvgIpc) is 3.04. The van der Waals surface area contributed by atoms with Gasteiger partial charge in [0.2, 0.25) is 0 Å². The molecule has 3 fully saturated rings. The Balaban J connectivity index is 1.72. The van der Waals surface area contributed by atoms with Crippen LogP contribution in [0.25, 0.3) is 0 Å². The molecule has 22 heavy (non-hydrogen) atoms. The summed E-state index contributed by atoms with van der Waals surface area (Å²) < 4.78 is 3.93. The van der Waals surface area contributed by atoms with E-state index in [4.69, 9.17) is 0 Å². The third-order valence-electron chi connectivity index (χ3n) is 6.74. The molecule has 3 rings (SSSR count). The molecule has 3 saturated carbocycles.